The Morgan fingerprint density at radius 1 is 1.12 bits per heavy atom. The summed E-state index contributed by atoms with van der Waals surface area (Å²) < 4.78 is 24.1. The maximum atomic E-state index is 12.1. The first-order valence-electron chi connectivity index (χ1n) is 7.29. The van der Waals surface area contributed by atoms with Crippen molar-refractivity contribution in [1.82, 2.24) is 0 Å². The number of primary amides is 1. The Bertz CT molecular complexity index is 814. The van der Waals surface area contributed by atoms with E-state index in [0.29, 0.717) is 5.00 Å². The second kappa shape index (κ2) is 8.07. The van der Waals surface area contributed by atoms with Crippen molar-refractivity contribution in [3.05, 3.63) is 52.9 Å². The highest BCUT2D eigenvalue weighted by atomic mass is 32.2. The zero-order chi connectivity index (χ0) is 17.6. The molecule has 0 spiro atoms. The number of benzene rings is 1. The maximum absolute atomic E-state index is 12.1. The van der Waals surface area contributed by atoms with Crippen LogP contribution < -0.4 is 11.1 Å². The summed E-state index contributed by atoms with van der Waals surface area (Å²) in [7, 11) is -3.27. The third kappa shape index (κ3) is 5.47. The fourth-order valence-electron chi connectivity index (χ4n) is 2.14. The molecular weight excluding hydrogens is 348 g/mol. The molecule has 0 radical (unpaired) electrons. The average Bonchev–Trinajstić information content (AvgIpc) is 2.95. The molecular formula is C16H18N2O4S2. The lowest BCUT2D eigenvalue weighted by atomic mass is 10.2. The van der Waals surface area contributed by atoms with Gasteiger partial charge in [0.25, 0.3) is 5.91 Å². The summed E-state index contributed by atoms with van der Waals surface area (Å²) in [5, 5.41) is 4.63. The van der Waals surface area contributed by atoms with E-state index in [-0.39, 0.29) is 35.8 Å². The van der Waals surface area contributed by atoms with Gasteiger partial charge >= 0.3 is 0 Å². The number of carbonyl (C=O) groups is 2. The van der Waals surface area contributed by atoms with Crippen molar-refractivity contribution < 1.29 is 18.0 Å². The summed E-state index contributed by atoms with van der Waals surface area (Å²) >= 11 is 1.20. The van der Waals surface area contributed by atoms with Crippen molar-refractivity contribution in [1.29, 1.82) is 0 Å². The molecule has 0 saturated heterocycles. The minimum absolute atomic E-state index is 0.0355. The molecule has 2 rings (SSSR count). The molecule has 2 aromatic rings. The summed E-state index contributed by atoms with van der Waals surface area (Å²) in [5.41, 5.74) is 6.19. The minimum Gasteiger partial charge on any atom is -0.366 e. The SMILES string of the molecule is NC(=O)c1ccsc1NC(=O)CCCS(=O)(=O)Cc1ccccc1. The first-order valence-corrected chi connectivity index (χ1v) is 9.99. The van der Waals surface area contributed by atoms with E-state index in [9.17, 15) is 18.0 Å². The molecule has 0 unspecified atom stereocenters. The minimum atomic E-state index is -3.27. The van der Waals surface area contributed by atoms with Gasteiger partial charge in [-0.25, -0.2) is 8.42 Å². The first kappa shape index (κ1) is 18.2. The number of hydrogen-bond donors (Lipinski definition) is 2. The van der Waals surface area contributed by atoms with Crippen molar-refractivity contribution >= 4 is 38.0 Å². The average molecular weight is 366 g/mol. The van der Waals surface area contributed by atoms with Crippen LogP contribution in [0.3, 0.4) is 0 Å². The molecule has 0 atom stereocenters. The number of thiophene rings is 1. The highest BCUT2D eigenvalue weighted by molar-refractivity contribution is 7.90. The lowest BCUT2D eigenvalue weighted by Crippen LogP contribution is -2.17. The van der Waals surface area contributed by atoms with Crippen LogP contribution in [0.15, 0.2) is 41.8 Å². The number of carbonyl (C=O) groups excluding carboxylic acids is 2. The Morgan fingerprint density at radius 2 is 1.83 bits per heavy atom. The van der Waals surface area contributed by atoms with Crippen LogP contribution in [0.4, 0.5) is 5.00 Å². The number of anilines is 1. The van der Waals surface area contributed by atoms with Gasteiger partial charge in [-0.2, -0.15) is 0 Å². The Hall–Kier alpha value is -2.19. The normalized spacial score (nSPS) is 11.2. The van der Waals surface area contributed by atoms with Gasteiger partial charge in [-0.3, -0.25) is 9.59 Å². The van der Waals surface area contributed by atoms with Gasteiger partial charge in [0, 0.05) is 6.42 Å². The molecule has 0 fully saturated rings. The molecule has 1 heterocycles. The highest BCUT2D eigenvalue weighted by Gasteiger charge is 2.15. The number of nitrogens with two attached hydrogens (primary N) is 1. The zero-order valence-corrected chi connectivity index (χ0v) is 14.5. The lowest BCUT2D eigenvalue weighted by Gasteiger charge is -2.06. The van der Waals surface area contributed by atoms with Crippen LogP contribution in [0, 0.1) is 0 Å². The van der Waals surface area contributed by atoms with Gasteiger partial charge in [-0.1, -0.05) is 30.3 Å². The van der Waals surface area contributed by atoms with E-state index in [0.717, 1.165) is 5.56 Å². The zero-order valence-electron chi connectivity index (χ0n) is 12.9. The van der Waals surface area contributed by atoms with Gasteiger partial charge < -0.3 is 11.1 Å². The van der Waals surface area contributed by atoms with Crippen molar-refractivity contribution in [3.63, 3.8) is 0 Å². The van der Waals surface area contributed by atoms with E-state index in [2.05, 4.69) is 5.32 Å². The van der Waals surface area contributed by atoms with Gasteiger partial charge in [0.1, 0.15) is 5.00 Å². The molecule has 1 aromatic carbocycles. The number of nitrogens with one attached hydrogen (secondary N) is 1. The third-order valence-corrected chi connectivity index (χ3v) is 5.79. The van der Waals surface area contributed by atoms with Gasteiger partial charge in [0.15, 0.2) is 9.84 Å². The molecule has 3 N–H and O–H groups in total. The van der Waals surface area contributed by atoms with Crippen LogP contribution >= 0.6 is 11.3 Å². The quantitative estimate of drug-likeness (QED) is 0.747. The second-order valence-corrected chi connectivity index (χ2v) is 8.36. The predicted molar refractivity (Wildman–Crippen MR) is 94.6 cm³/mol. The van der Waals surface area contributed by atoms with Gasteiger partial charge in [0.05, 0.1) is 17.1 Å². The van der Waals surface area contributed by atoms with Crippen LogP contribution in [0.5, 0.6) is 0 Å². The van der Waals surface area contributed by atoms with E-state index in [1.165, 1.54) is 17.4 Å². The highest BCUT2D eigenvalue weighted by Crippen LogP contribution is 2.22. The van der Waals surface area contributed by atoms with Crippen molar-refractivity contribution in [3.8, 4) is 0 Å². The topological polar surface area (TPSA) is 106 Å². The van der Waals surface area contributed by atoms with E-state index in [1.807, 2.05) is 6.07 Å². The smallest absolute Gasteiger partial charge is 0.251 e. The molecule has 2 amide bonds. The predicted octanol–water partition coefficient (Wildman–Crippen LogP) is 2.18. The Balaban J connectivity index is 1.82. The molecule has 128 valence electrons. The van der Waals surface area contributed by atoms with Crippen LogP contribution in [0.25, 0.3) is 0 Å². The second-order valence-electron chi connectivity index (χ2n) is 5.26. The monoisotopic (exact) mass is 366 g/mol. The van der Waals surface area contributed by atoms with E-state index >= 15 is 0 Å². The Labute approximate surface area is 144 Å². The van der Waals surface area contributed by atoms with E-state index in [1.54, 1.807) is 29.6 Å². The third-order valence-electron chi connectivity index (χ3n) is 3.27. The van der Waals surface area contributed by atoms with Crippen LogP contribution in [-0.4, -0.2) is 26.0 Å². The van der Waals surface area contributed by atoms with Crippen LogP contribution in [0.1, 0.15) is 28.8 Å². The molecule has 0 aliphatic rings. The molecule has 0 aliphatic heterocycles. The van der Waals surface area contributed by atoms with Gasteiger partial charge in [-0.05, 0) is 23.4 Å². The number of sulfone groups is 1. The molecule has 0 aliphatic carbocycles. The summed E-state index contributed by atoms with van der Waals surface area (Å²) in [6, 6.07) is 10.4. The van der Waals surface area contributed by atoms with Gasteiger partial charge in [-0.15, -0.1) is 11.3 Å². The van der Waals surface area contributed by atoms with E-state index in [4.69, 9.17) is 5.73 Å². The summed E-state index contributed by atoms with van der Waals surface area (Å²) in [6.07, 6.45) is 0.280. The molecule has 24 heavy (non-hydrogen) atoms. The maximum Gasteiger partial charge on any atom is 0.251 e. The summed E-state index contributed by atoms with van der Waals surface area (Å²) in [5.74, 6) is -1.05. The van der Waals surface area contributed by atoms with Crippen molar-refractivity contribution in [2.75, 3.05) is 11.1 Å². The molecule has 0 saturated carbocycles. The Kier molecular flexibility index (Phi) is 6.10. The van der Waals surface area contributed by atoms with Crippen molar-refractivity contribution in [2.45, 2.75) is 18.6 Å². The number of hydrogen-bond acceptors (Lipinski definition) is 5. The van der Waals surface area contributed by atoms with Crippen LogP contribution in [0.2, 0.25) is 0 Å². The fourth-order valence-corrected chi connectivity index (χ4v) is 4.38. The summed E-state index contributed by atoms with van der Waals surface area (Å²) in [6.45, 7) is 0. The summed E-state index contributed by atoms with van der Waals surface area (Å²) in [4.78, 5) is 23.1. The molecule has 0 bridgehead atoms. The number of rotatable bonds is 8. The molecule has 1 aromatic heterocycles. The molecule has 6 nitrogen and oxygen atoms in total. The Morgan fingerprint density at radius 3 is 2.50 bits per heavy atom. The molecule has 8 heteroatoms. The fraction of sp³-hybridized carbons (Fsp3) is 0.250. The number of amides is 2. The standard InChI is InChI=1S/C16H18N2O4S2/c17-15(20)13-8-9-23-16(13)18-14(19)7-4-10-24(21,22)11-12-5-2-1-3-6-12/h1-3,5-6,8-9H,4,7,10-11H2,(H2,17,20)(H,18,19). The van der Waals surface area contributed by atoms with Crippen LogP contribution in [-0.2, 0) is 20.4 Å². The van der Waals surface area contributed by atoms with Crippen molar-refractivity contribution in [2.24, 2.45) is 5.73 Å². The largest absolute Gasteiger partial charge is 0.366 e. The lowest BCUT2D eigenvalue weighted by molar-refractivity contribution is -0.116. The first-order chi connectivity index (χ1) is 11.4. The van der Waals surface area contributed by atoms with E-state index < -0.39 is 15.7 Å². The van der Waals surface area contributed by atoms with Gasteiger partial charge in [0.2, 0.25) is 5.91 Å².